The minimum Gasteiger partial charge on any atom is -0.350 e. The molecule has 0 spiro atoms. The first-order chi connectivity index (χ1) is 19.0. The number of carbonyl (C=O) groups is 1. The fourth-order valence-electron chi connectivity index (χ4n) is 4.56. The monoisotopic (exact) mass is 506 g/mol. The molecule has 0 fully saturated rings. The van der Waals surface area contributed by atoms with E-state index >= 15 is 0 Å². The summed E-state index contributed by atoms with van der Waals surface area (Å²) in [4.78, 5) is 17.5. The van der Waals surface area contributed by atoms with Gasteiger partial charge in [-0.1, -0.05) is 30.2 Å². The van der Waals surface area contributed by atoms with Crippen molar-refractivity contribution in [3.63, 3.8) is 0 Å². The van der Waals surface area contributed by atoms with Gasteiger partial charge in [0.25, 0.3) is 5.91 Å². The molecule has 3 heterocycles. The number of amides is 1. The van der Waals surface area contributed by atoms with Crippen LogP contribution < -0.4 is 5.32 Å². The average Bonchev–Trinajstić information content (AvgIpc) is 3.53. The van der Waals surface area contributed by atoms with Crippen molar-refractivity contribution in [2.75, 3.05) is 5.32 Å². The molecule has 1 N–H and O–H groups in total. The molecule has 6 aromatic rings. The Labute approximate surface area is 225 Å². The van der Waals surface area contributed by atoms with E-state index in [0.29, 0.717) is 22.5 Å². The first kappa shape index (κ1) is 23.7. The van der Waals surface area contributed by atoms with Crippen LogP contribution in [0.5, 0.6) is 0 Å². The molecule has 6 rings (SSSR count). The molecule has 186 valence electrons. The van der Waals surface area contributed by atoms with E-state index in [-0.39, 0.29) is 5.91 Å². The summed E-state index contributed by atoms with van der Waals surface area (Å²) in [6.45, 7) is 1.97. The summed E-state index contributed by atoms with van der Waals surface area (Å²) in [6, 6.07) is 24.8. The zero-order valence-corrected chi connectivity index (χ0v) is 21.3. The standard InChI is InChI=1S/C32H22N6O/c1-21-5-8-25(16-24(21)11-13-27-19-34-31-4-3-15-35-38(27)31)32(39)36-26-12-14-28-29(20-37(2)30(28)17-26)23-9-6-22(18-33)7-10-23/h3-10,12,14-17,19-20H,1-2H3,(H,36,39). The molecule has 0 aliphatic rings. The zero-order chi connectivity index (χ0) is 26.9. The van der Waals surface area contributed by atoms with Crippen LogP contribution in [0.3, 0.4) is 0 Å². The van der Waals surface area contributed by atoms with Gasteiger partial charge in [-0.3, -0.25) is 4.79 Å². The fourth-order valence-corrected chi connectivity index (χ4v) is 4.56. The smallest absolute Gasteiger partial charge is 0.255 e. The second-order valence-electron chi connectivity index (χ2n) is 9.25. The summed E-state index contributed by atoms with van der Waals surface area (Å²) >= 11 is 0. The van der Waals surface area contributed by atoms with Gasteiger partial charge in [-0.25, -0.2) is 9.50 Å². The zero-order valence-electron chi connectivity index (χ0n) is 21.3. The van der Waals surface area contributed by atoms with Crippen LogP contribution in [-0.2, 0) is 7.05 Å². The van der Waals surface area contributed by atoms with Gasteiger partial charge in [0.2, 0.25) is 0 Å². The van der Waals surface area contributed by atoms with Gasteiger partial charge in [-0.05, 0) is 72.5 Å². The third-order valence-electron chi connectivity index (χ3n) is 6.68. The number of aromatic nitrogens is 4. The lowest BCUT2D eigenvalue weighted by Gasteiger charge is -2.08. The summed E-state index contributed by atoms with van der Waals surface area (Å²) in [7, 11) is 1.98. The van der Waals surface area contributed by atoms with Crippen LogP contribution in [-0.4, -0.2) is 25.1 Å². The van der Waals surface area contributed by atoms with Crippen LogP contribution in [0.2, 0.25) is 0 Å². The minimum absolute atomic E-state index is 0.213. The number of nitrogens with one attached hydrogen (secondary N) is 1. The van der Waals surface area contributed by atoms with E-state index in [1.165, 1.54) is 0 Å². The number of imidazole rings is 1. The lowest BCUT2D eigenvalue weighted by molar-refractivity contribution is 0.102. The topological polar surface area (TPSA) is 88.0 Å². The van der Waals surface area contributed by atoms with Crippen LogP contribution in [0.1, 0.15) is 32.7 Å². The third-order valence-corrected chi connectivity index (χ3v) is 6.68. The summed E-state index contributed by atoms with van der Waals surface area (Å²) in [5.74, 6) is 6.09. The highest BCUT2D eigenvalue weighted by atomic mass is 16.1. The molecule has 0 unspecified atom stereocenters. The van der Waals surface area contributed by atoms with Crippen molar-refractivity contribution in [2.24, 2.45) is 7.05 Å². The SMILES string of the molecule is Cc1ccc(C(=O)Nc2ccc3c(-c4ccc(C#N)cc4)cn(C)c3c2)cc1C#Cc1cnc2cccnn12. The molecule has 0 saturated carbocycles. The van der Waals surface area contributed by atoms with E-state index in [4.69, 9.17) is 5.26 Å². The van der Waals surface area contributed by atoms with Gasteiger partial charge < -0.3 is 9.88 Å². The van der Waals surface area contributed by atoms with Crippen molar-refractivity contribution in [1.29, 1.82) is 5.26 Å². The Morgan fingerprint density at radius 3 is 2.67 bits per heavy atom. The number of hydrogen-bond acceptors (Lipinski definition) is 4. The summed E-state index contributed by atoms with van der Waals surface area (Å²) in [5.41, 5.74) is 8.08. The Balaban J connectivity index is 1.26. The van der Waals surface area contributed by atoms with Crippen molar-refractivity contribution < 1.29 is 4.79 Å². The lowest BCUT2D eigenvalue weighted by Crippen LogP contribution is -2.12. The maximum atomic E-state index is 13.2. The van der Waals surface area contributed by atoms with Gasteiger partial charge in [-0.2, -0.15) is 10.4 Å². The van der Waals surface area contributed by atoms with Crippen LogP contribution in [0.25, 0.3) is 27.7 Å². The molecular formula is C32H22N6O. The van der Waals surface area contributed by atoms with E-state index in [0.717, 1.165) is 38.8 Å². The van der Waals surface area contributed by atoms with Crippen molar-refractivity contribution >= 4 is 28.1 Å². The number of nitriles is 1. The molecule has 3 aromatic carbocycles. The quantitative estimate of drug-likeness (QED) is 0.311. The Morgan fingerprint density at radius 1 is 1.00 bits per heavy atom. The van der Waals surface area contributed by atoms with Gasteiger partial charge >= 0.3 is 0 Å². The van der Waals surface area contributed by atoms with Crippen LogP contribution in [0.15, 0.2) is 91.4 Å². The average molecular weight is 507 g/mol. The van der Waals surface area contributed by atoms with E-state index in [9.17, 15) is 4.79 Å². The fraction of sp³-hybridized carbons (Fsp3) is 0.0625. The molecule has 0 radical (unpaired) electrons. The highest BCUT2D eigenvalue weighted by Crippen LogP contribution is 2.32. The van der Waals surface area contributed by atoms with Gasteiger partial charge in [0.1, 0.15) is 5.69 Å². The first-order valence-electron chi connectivity index (χ1n) is 12.3. The number of benzene rings is 3. The van der Waals surface area contributed by atoms with Gasteiger partial charge in [0.05, 0.1) is 23.3 Å². The molecule has 0 atom stereocenters. The molecule has 0 bridgehead atoms. The Bertz CT molecular complexity index is 1990. The minimum atomic E-state index is -0.213. The molecular weight excluding hydrogens is 484 g/mol. The predicted molar refractivity (Wildman–Crippen MR) is 151 cm³/mol. The van der Waals surface area contributed by atoms with Crippen molar-refractivity contribution in [3.8, 4) is 29.0 Å². The molecule has 0 aliphatic heterocycles. The van der Waals surface area contributed by atoms with Gasteiger partial charge in [0.15, 0.2) is 5.65 Å². The van der Waals surface area contributed by atoms with Crippen molar-refractivity contribution in [2.45, 2.75) is 6.92 Å². The molecule has 7 nitrogen and oxygen atoms in total. The predicted octanol–water partition coefficient (Wildman–Crippen LogP) is 5.72. The molecule has 0 saturated heterocycles. The van der Waals surface area contributed by atoms with Crippen molar-refractivity contribution in [3.05, 3.63) is 119 Å². The van der Waals surface area contributed by atoms with Gasteiger partial charge in [-0.15, -0.1) is 0 Å². The first-order valence-corrected chi connectivity index (χ1v) is 12.3. The molecule has 7 heteroatoms. The van der Waals surface area contributed by atoms with Gasteiger partial charge in [0, 0.05) is 47.2 Å². The number of aryl methyl sites for hydroxylation is 2. The summed E-state index contributed by atoms with van der Waals surface area (Å²) in [5, 5.41) is 17.5. The number of anilines is 1. The maximum Gasteiger partial charge on any atom is 0.255 e. The van der Waals surface area contributed by atoms with E-state index < -0.39 is 0 Å². The largest absolute Gasteiger partial charge is 0.350 e. The molecule has 1 amide bonds. The number of hydrogen-bond donors (Lipinski definition) is 1. The van der Waals surface area contributed by atoms with E-state index in [1.54, 1.807) is 29.0 Å². The maximum absolute atomic E-state index is 13.2. The lowest BCUT2D eigenvalue weighted by atomic mass is 10.0. The Hall–Kier alpha value is -5.66. The Morgan fingerprint density at radius 2 is 1.85 bits per heavy atom. The van der Waals surface area contributed by atoms with Crippen LogP contribution in [0, 0.1) is 30.1 Å². The summed E-state index contributed by atoms with van der Waals surface area (Å²) in [6.07, 6.45) is 5.44. The number of rotatable bonds is 3. The second-order valence-corrected chi connectivity index (χ2v) is 9.25. The number of fused-ring (bicyclic) bond motifs is 2. The number of nitrogens with zero attached hydrogens (tertiary/aromatic N) is 5. The Kier molecular flexibility index (Phi) is 5.88. The van der Waals surface area contributed by atoms with E-state index in [1.807, 2.05) is 79.2 Å². The summed E-state index contributed by atoms with van der Waals surface area (Å²) < 4.78 is 3.72. The van der Waals surface area contributed by atoms with Crippen molar-refractivity contribution in [1.82, 2.24) is 19.2 Å². The van der Waals surface area contributed by atoms with Crippen LogP contribution >= 0.6 is 0 Å². The number of carbonyl (C=O) groups excluding carboxylic acids is 1. The molecule has 3 aromatic heterocycles. The normalized spacial score (nSPS) is 10.7. The second kappa shape index (κ2) is 9.66. The highest BCUT2D eigenvalue weighted by molar-refractivity contribution is 6.06. The third kappa shape index (κ3) is 4.50. The van der Waals surface area contributed by atoms with E-state index in [2.05, 4.69) is 39.5 Å². The van der Waals surface area contributed by atoms with Crippen LogP contribution in [0.4, 0.5) is 5.69 Å². The highest BCUT2D eigenvalue weighted by Gasteiger charge is 2.12. The molecule has 39 heavy (non-hydrogen) atoms. The molecule has 0 aliphatic carbocycles.